The van der Waals surface area contributed by atoms with E-state index in [0.717, 1.165) is 0 Å². The summed E-state index contributed by atoms with van der Waals surface area (Å²) in [5.74, 6) is -1.24. The van der Waals surface area contributed by atoms with E-state index in [1.807, 2.05) is 0 Å². The van der Waals surface area contributed by atoms with Gasteiger partial charge < -0.3 is 5.11 Å². The molecule has 1 atom stereocenters. The van der Waals surface area contributed by atoms with Gasteiger partial charge in [-0.2, -0.15) is 12.6 Å². The second kappa shape index (κ2) is 6.44. The summed E-state index contributed by atoms with van der Waals surface area (Å²) in [4.78, 5) is 21.5. The third-order valence-corrected chi connectivity index (χ3v) is 1.81. The lowest BCUT2D eigenvalue weighted by molar-refractivity contribution is -0.144. The predicted octanol–water partition coefficient (Wildman–Crippen LogP) is -0.0915. The standard InChI is InChI=1S/C8H14N2O3S/c1-3-4-10(9-6(2)11)7(5-14)8(12)13/h3,7,14H,1,4-5H2,2H3,(H,9,11)(H,12,13)/t7-/m0/s1. The van der Waals surface area contributed by atoms with Crippen molar-refractivity contribution in [3.8, 4) is 0 Å². The van der Waals surface area contributed by atoms with E-state index in [1.165, 1.54) is 18.0 Å². The van der Waals surface area contributed by atoms with Gasteiger partial charge in [0.15, 0.2) is 0 Å². The van der Waals surface area contributed by atoms with Crippen molar-refractivity contribution in [1.29, 1.82) is 0 Å². The number of carbonyl (C=O) groups is 2. The molecular formula is C8H14N2O3S. The molecular weight excluding hydrogens is 204 g/mol. The Labute approximate surface area is 88.2 Å². The molecule has 0 fully saturated rings. The lowest BCUT2D eigenvalue weighted by Crippen LogP contribution is -2.52. The Kier molecular flexibility index (Phi) is 5.98. The fourth-order valence-electron chi connectivity index (χ4n) is 0.902. The van der Waals surface area contributed by atoms with Crippen molar-refractivity contribution < 1.29 is 14.7 Å². The zero-order valence-corrected chi connectivity index (χ0v) is 8.83. The summed E-state index contributed by atoms with van der Waals surface area (Å²) in [6.07, 6.45) is 1.51. The summed E-state index contributed by atoms with van der Waals surface area (Å²) in [6.45, 7) is 5.05. The topological polar surface area (TPSA) is 69.6 Å². The Morgan fingerprint density at radius 1 is 1.71 bits per heavy atom. The molecule has 0 aliphatic carbocycles. The molecule has 1 amide bonds. The van der Waals surface area contributed by atoms with Crippen LogP contribution in [0.25, 0.3) is 0 Å². The highest BCUT2D eigenvalue weighted by atomic mass is 32.1. The third-order valence-electron chi connectivity index (χ3n) is 1.46. The molecule has 2 N–H and O–H groups in total. The number of thiol groups is 1. The zero-order valence-electron chi connectivity index (χ0n) is 7.93. The van der Waals surface area contributed by atoms with E-state index in [9.17, 15) is 9.59 Å². The largest absolute Gasteiger partial charge is 0.480 e. The summed E-state index contributed by atoms with van der Waals surface area (Å²) >= 11 is 3.90. The van der Waals surface area contributed by atoms with E-state index in [2.05, 4.69) is 24.6 Å². The average Bonchev–Trinajstić information content (AvgIpc) is 2.03. The number of aliphatic carboxylic acids is 1. The first-order valence-electron chi connectivity index (χ1n) is 4.01. The average molecular weight is 218 g/mol. The number of hydrazine groups is 1. The van der Waals surface area contributed by atoms with Gasteiger partial charge in [0.2, 0.25) is 5.91 Å². The van der Waals surface area contributed by atoms with Gasteiger partial charge in [0.05, 0.1) is 0 Å². The molecule has 0 aromatic carbocycles. The molecule has 0 radical (unpaired) electrons. The van der Waals surface area contributed by atoms with Gasteiger partial charge >= 0.3 is 5.97 Å². The lowest BCUT2D eigenvalue weighted by Gasteiger charge is -2.26. The quantitative estimate of drug-likeness (QED) is 0.331. The Bertz CT molecular complexity index is 233. The number of nitrogens with one attached hydrogen (secondary N) is 1. The van der Waals surface area contributed by atoms with Crippen LogP contribution in [-0.4, -0.2) is 40.3 Å². The van der Waals surface area contributed by atoms with Gasteiger partial charge in [0.25, 0.3) is 0 Å². The second-order valence-electron chi connectivity index (χ2n) is 2.65. The maximum Gasteiger partial charge on any atom is 0.323 e. The normalized spacial score (nSPS) is 12.2. The molecule has 0 aliphatic rings. The minimum Gasteiger partial charge on any atom is -0.480 e. The van der Waals surface area contributed by atoms with Crippen LogP contribution < -0.4 is 5.43 Å². The number of hydrogen-bond acceptors (Lipinski definition) is 4. The molecule has 14 heavy (non-hydrogen) atoms. The molecule has 0 saturated heterocycles. The number of amides is 1. The van der Waals surface area contributed by atoms with E-state index < -0.39 is 12.0 Å². The molecule has 0 saturated carbocycles. The van der Waals surface area contributed by atoms with Crippen LogP contribution in [0, 0.1) is 0 Å². The van der Waals surface area contributed by atoms with Crippen molar-refractivity contribution in [1.82, 2.24) is 10.4 Å². The van der Waals surface area contributed by atoms with E-state index in [-0.39, 0.29) is 18.2 Å². The monoisotopic (exact) mass is 218 g/mol. The van der Waals surface area contributed by atoms with Crippen molar-refractivity contribution >= 4 is 24.5 Å². The SMILES string of the molecule is C=CCN(NC(C)=O)[C@@H](CS)C(=O)O. The lowest BCUT2D eigenvalue weighted by atomic mass is 10.3. The number of carbonyl (C=O) groups excluding carboxylic acids is 1. The number of carboxylic acids is 1. The first-order valence-corrected chi connectivity index (χ1v) is 4.64. The molecule has 80 valence electrons. The smallest absolute Gasteiger partial charge is 0.323 e. The summed E-state index contributed by atoms with van der Waals surface area (Å²) in [6, 6.07) is -0.847. The van der Waals surface area contributed by atoms with Crippen molar-refractivity contribution in [2.45, 2.75) is 13.0 Å². The number of rotatable bonds is 6. The Hall–Kier alpha value is -1.01. The molecule has 0 spiro atoms. The van der Waals surface area contributed by atoms with Crippen molar-refractivity contribution in [2.75, 3.05) is 12.3 Å². The zero-order chi connectivity index (χ0) is 11.1. The molecule has 5 nitrogen and oxygen atoms in total. The predicted molar refractivity (Wildman–Crippen MR) is 56.0 cm³/mol. The van der Waals surface area contributed by atoms with Gasteiger partial charge in [-0.1, -0.05) is 6.08 Å². The maximum atomic E-state index is 10.8. The van der Waals surface area contributed by atoms with Crippen LogP contribution in [0.2, 0.25) is 0 Å². The molecule has 6 heteroatoms. The molecule has 0 heterocycles. The molecule has 0 rings (SSSR count). The summed E-state index contributed by atoms with van der Waals surface area (Å²) in [7, 11) is 0. The van der Waals surface area contributed by atoms with Crippen LogP contribution >= 0.6 is 12.6 Å². The molecule has 0 bridgehead atoms. The number of carboxylic acid groups (broad SMARTS) is 1. The first kappa shape index (κ1) is 13.0. The van der Waals surface area contributed by atoms with E-state index in [0.29, 0.717) is 0 Å². The molecule has 0 aliphatic heterocycles. The Balaban J connectivity index is 4.49. The van der Waals surface area contributed by atoms with Gasteiger partial charge in [-0.3, -0.25) is 15.0 Å². The minimum atomic E-state index is -1.03. The maximum absolute atomic E-state index is 10.8. The van der Waals surface area contributed by atoms with Gasteiger partial charge in [0, 0.05) is 19.2 Å². The molecule has 0 unspecified atom stereocenters. The highest BCUT2D eigenvalue weighted by molar-refractivity contribution is 7.80. The van der Waals surface area contributed by atoms with Crippen LogP contribution in [-0.2, 0) is 9.59 Å². The first-order chi connectivity index (χ1) is 6.52. The van der Waals surface area contributed by atoms with Gasteiger partial charge in [-0.15, -0.1) is 6.58 Å². The van der Waals surface area contributed by atoms with Crippen LogP contribution in [0.5, 0.6) is 0 Å². The number of hydrogen-bond donors (Lipinski definition) is 3. The Morgan fingerprint density at radius 3 is 2.57 bits per heavy atom. The fourth-order valence-corrected chi connectivity index (χ4v) is 1.26. The van der Waals surface area contributed by atoms with Crippen molar-refractivity contribution in [3.05, 3.63) is 12.7 Å². The summed E-state index contributed by atoms with van der Waals surface area (Å²) in [5.41, 5.74) is 2.41. The van der Waals surface area contributed by atoms with E-state index >= 15 is 0 Å². The molecule has 0 aromatic rings. The minimum absolute atomic E-state index is 0.115. The van der Waals surface area contributed by atoms with Crippen LogP contribution in [0.1, 0.15) is 6.92 Å². The second-order valence-corrected chi connectivity index (χ2v) is 3.01. The van der Waals surface area contributed by atoms with Crippen LogP contribution in [0.4, 0.5) is 0 Å². The fraction of sp³-hybridized carbons (Fsp3) is 0.500. The third kappa shape index (κ3) is 4.29. The van der Waals surface area contributed by atoms with Crippen LogP contribution in [0.3, 0.4) is 0 Å². The highest BCUT2D eigenvalue weighted by Gasteiger charge is 2.23. The van der Waals surface area contributed by atoms with Gasteiger partial charge in [0.1, 0.15) is 6.04 Å². The van der Waals surface area contributed by atoms with E-state index in [4.69, 9.17) is 5.11 Å². The summed E-state index contributed by atoms with van der Waals surface area (Å²) in [5, 5.41) is 10.1. The van der Waals surface area contributed by atoms with Crippen LogP contribution in [0.15, 0.2) is 12.7 Å². The van der Waals surface area contributed by atoms with Gasteiger partial charge in [-0.05, 0) is 0 Å². The van der Waals surface area contributed by atoms with Crippen molar-refractivity contribution in [2.24, 2.45) is 0 Å². The number of nitrogens with zero attached hydrogens (tertiary/aromatic N) is 1. The van der Waals surface area contributed by atoms with Gasteiger partial charge in [-0.25, -0.2) is 5.01 Å². The molecule has 0 aromatic heterocycles. The Morgan fingerprint density at radius 2 is 2.29 bits per heavy atom. The van der Waals surface area contributed by atoms with E-state index in [1.54, 1.807) is 0 Å². The highest BCUT2D eigenvalue weighted by Crippen LogP contribution is 1.99. The van der Waals surface area contributed by atoms with Crippen molar-refractivity contribution in [3.63, 3.8) is 0 Å². The summed E-state index contributed by atoms with van der Waals surface area (Å²) < 4.78 is 0.